The molecule has 0 aromatic carbocycles. The lowest BCUT2D eigenvalue weighted by Crippen LogP contribution is -1.92. The lowest BCUT2D eigenvalue weighted by atomic mass is 10.1. The summed E-state index contributed by atoms with van der Waals surface area (Å²) in [7, 11) is 0. The zero-order valence-corrected chi connectivity index (χ0v) is 10.0. The molecule has 80 valence electrons. The maximum Gasteiger partial charge on any atom is 0.156 e. The molecule has 15 heavy (non-hydrogen) atoms. The van der Waals surface area contributed by atoms with Gasteiger partial charge in [-0.25, -0.2) is 4.98 Å². The molecule has 1 unspecified atom stereocenters. The standard InChI is InChI=1S/C10H11Cl2N3/c1-3-7(11)6-4-13-10-8(9(6)12)5(2)14-15-10/h4,7H,3H2,1-2H3,(H,13,14,15). The van der Waals surface area contributed by atoms with Gasteiger partial charge < -0.3 is 0 Å². The molecule has 0 radical (unpaired) electrons. The minimum Gasteiger partial charge on any atom is -0.261 e. The summed E-state index contributed by atoms with van der Waals surface area (Å²) in [4.78, 5) is 4.24. The summed E-state index contributed by atoms with van der Waals surface area (Å²) >= 11 is 12.4. The normalized spacial score (nSPS) is 13.3. The van der Waals surface area contributed by atoms with Crippen molar-refractivity contribution in [2.45, 2.75) is 25.6 Å². The number of aromatic amines is 1. The number of hydrogen-bond acceptors (Lipinski definition) is 2. The Hall–Kier alpha value is -0.800. The van der Waals surface area contributed by atoms with Gasteiger partial charge in [0.2, 0.25) is 0 Å². The van der Waals surface area contributed by atoms with Crippen molar-refractivity contribution in [2.75, 3.05) is 0 Å². The van der Waals surface area contributed by atoms with Crippen molar-refractivity contribution in [3.63, 3.8) is 0 Å². The Labute approximate surface area is 97.8 Å². The van der Waals surface area contributed by atoms with Crippen LogP contribution in [0.15, 0.2) is 6.20 Å². The molecule has 0 amide bonds. The quantitative estimate of drug-likeness (QED) is 0.820. The molecule has 0 spiro atoms. The molecule has 2 heterocycles. The molecule has 1 N–H and O–H groups in total. The topological polar surface area (TPSA) is 41.6 Å². The summed E-state index contributed by atoms with van der Waals surface area (Å²) in [6.07, 6.45) is 2.54. The summed E-state index contributed by atoms with van der Waals surface area (Å²) in [5, 5.41) is 8.33. The predicted octanol–water partition coefficient (Wildman–Crippen LogP) is 3.61. The fraction of sp³-hybridized carbons (Fsp3) is 0.400. The minimum atomic E-state index is -0.0938. The molecule has 0 fully saturated rings. The molecule has 0 aliphatic rings. The predicted molar refractivity (Wildman–Crippen MR) is 62.5 cm³/mol. The smallest absolute Gasteiger partial charge is 0.156 e. The second kappa shape index (κ2) is 3.99. The highest BCUT2D eigenvalue weighted by Gasteiger charge is 2.16. The van der Waals surface area contributed by atoms with Gasteiger partial charge in [-0.15, -0.1) is 11.6 Å². The van der Waals surface area contributed by atoms with Crippen LogP contribution in [0.5, 0.6) is 0 Å². The van der Waals surface area contributed by atoms with Crippen LogP contribution in [0.3, 0.4) is 0 Å². The first kappa shape index (κ1) is 10.7. The first-order valence-electron chi connectivity index (χ1n) is 4.78. The second-order valence-corrected chi connectivity index (χ2v) is 4.34. The largest absolute Gasteiger partial charge is 0.261 e. The van der Waals surface area contributed by atoms with E-state index in [1.165, 1.54) is 0 Å². The van der Waals surface area contributed by atoms with Gasteiger partial charge in [-0.1, -0.05) is 18.5 Å². The van der Waals surface area contributed by atoms with Crippen LogP contribution < -0.4 is 0 Å². The highest BCUT2D eigenvalue weighted by molar-refractivity contribution is 6.37. The number of fused-ring (bicyclic) bond motifs is 1. The Morgan fingerprint density at radius 2 is 2.27 bits per heavy atom. The number of nitrogens with one attached hydrogen (secondary N) is 1. The zero-order chi connectivity index (χ0) is 11.0. The monoisotopic (exact) mass is 243 g/mol. The van der Waals surface area contributed by atoms with Crippen molar-refractivity contribution in [1.82, 2.24) is 15.2 Å². The van der Waals surface area contributed by atoms with Crippen LogP contribution >= 0.6 is 23.2 Å². The van der Waals surface area contributed by atoms with Gasteiger partial charge in [-0.05, 0) is 13.3 Å². The van der Waals surface area contributed by atoms with Crippen molar-refractivity contribution in [2.24, 2.45) is 0 Å². The average Bonchev–Trinajstić information content (AvgIpc) is 2.61. The highest BCUT2D eigenvalue weighted by Crippen LogP contribution is 2.34. The number of pyridine rings is 1. The summed E-state index contributed by atoms with van der Waals surface area (Å²) in [6.45, 7) is 3.91. The van der Waals surface area contributed by atoms with E-state index < -0.39 is 0 Å². The van der Waals surface area contributed by atoms with Crippen LogP contribution in [0.25, 0.3) is 11.0 Å². The van der Waals surface area contributed by atoms with E-state index in [1.54, 1.807) is 6.20 Å². The van der Waals surface area contributed by atoms with Gasteiger partial charge in [0.1, 0.15) is 0 Å². The van der Waals surface area contributed by atoms with Crippen LogP contribution in [0.4, 0.5) is 0 Å². The fourth-order valence-corrected chi connectivity index (χ4v) is 2.18. The summed E-state index contributed by atoms with van der Waals surface area (Å²) < 4.78 is 0. The van der Waals surface area contributed by atoms with Crippen LogP contribution in [-0.2, 0) is 0 Å². The minimum absolute atomic E-state index is 0.0938. The molecule has 3 nitrogen and oxygen atoms in total. The molecule has 0 aliphatic carbocycles. The van der Waals surface area contributed by atoms with Gasteiger partial charge in [0.05, 0.1) is 21.5 Å². The molecule has 0 bridgehead atoms. The average molecular weight is 244 g/mol. The molecule has 2 aromatic rings. The number of alkyl halides is 1. The van der Waals surface area contributed by atoms with E-state index in [-0.39, 0.29) is 5.38 Å². The molecule has 1 atom stereocenters. The van der Waals surface area contributed by atoms with Crippen molar-refractivity contribution >= 4 is 34.2 Å². The number of aryl methyl sites for hydroxylation is 1. The number of halogens is 2. The van der Waals surface area contributed by atoms with Crippen molar-refractivity contribution in [1.29, 1.82) is 0 Å². The first-order chi connectivity index (χ1) is 7.15. The third kappa shape index (κ3) is 1.70. The maximum atomic E-state index is 6.28. The molecular formula is C10H11Cl2N3. The molecule has 5 heteroatoms. The Morgan fingerprint density at radius 3 is 2.93 bits per heavy atom. The Morgan fingerprint density at radius 1 is 1.53 bits per heavy atom. The third-order valence-electron chi connectivity index (χ3n) is 2.43. The van der Waals surface area contributed by atoms with Crippen LogP contribution in [0, 0.1) is 6.92 Å². The summed E-state index contributed by atoms with van der Waals surface area (Å²) in [5.41, 5.74) is 2.43. The number of aromatic nitrogens is 3. The summed E-state index contributed by atoms with van der Waals surface area (Å²) in [5.74, 6) is 0. The van der Waals surface area contributed by atoms with Gasteiger partial charge in [0, 0.05) is 11.8 Å². The van der Waals surface area contributed by atoms with Crippen molar-refractivity contribution in [3.8, 4) is 0 Å². The van der Waals surface area contributed by atoms with E-state index in [0.29, 0.717) is 10.7 Å². The molecule has 2 aromatic heterocycles. The van der Waals surface area contributed by atoms with E-state index in [2.05, 4.69) is 15.2 Å². The first-order valence-corrected chi connectivity index (χ1v) is 5.59. The maximum absolute atomic E-state index is 6.28. The summed E-state index contributed by atoms with van der Waals surface area (Å²) in [6, 6.07) is 0. The van der Waals surface area contributed by atoms with Crippen molar-refractivity contribution in [3.05, 3.63) is 22.5 Å². The Bertz CT molecular complexity index is 493. The van der Waals surface area contributed by atoms with Gasteiger partial charge in [0.15, 0.2) is 5.65 Å². The van der Waals surface area contributed by atoms with E-state index >= 15 is 0 Å². The number of hydrogen-bond donors (Lipinski definition) is 1. The van der Waals surface area contributed by atoms with Gasteiger partial charge in [-0.3, -0.25) is 5.10 Å². The molecule has 0 saturated carbocycles. The second-order valence-electron chi connectivity index (χ2n) is 3.44. The number of rotatable bonds is 2. The number of nitrogens with zero attached hydrogens (tertiary/aromatic N) is 2. The van der Waals surface area contributed by atoms with Crippen LogP contribution in [-0.4, -0.2) is 15.2 Å². The fourth-order valence-electron chi connectivity index (χ4n) is 1.55. The lowest BCUT2D eigenvalue weighted by molar-refractivity contribution is 0.880. The molecule has 2 rings (SSSR count). The molecule has 0 aliphatic heterocycles. The highest BCUT2D eigenvalue weighted by atomic mass is 35.5. The number of H-pyrrole nitrogens is 1. The van der Waals surface area contributed by atoms with Gasteiger partial charge in [0.25, 0.3) is 0 Å². The third-order valence-corrected chi connectivity index (χ3v) is 3.38. The van der Waals surface area contributed by atoms with E-state index in [1.807, 2.05) is 13.8 Å². The van der Waals surface area contributed by atoms with Crippen LogP contribution in [0.2, 0.25) is 5.02 Å². The Balaban J connectivity index is 2.68. The van der Waals surface area contributed by atoms with Gasteiger partial charge in [-0.2, -0.15) is 5.10 Å². The van der Waals surface area contributed by atoms with E-state index in [0.717, 1.165) is 23.1 Å². The zero-order valence-electron chi connectivity index (χ0n) is 8.51. The van der Waals surface area contributed by atoms with Crippen molar-refractivity contribution < 1.29 is 0 Å². The lowest BCUT2D eigenvalue weighted by Gasteiger charge is -2.08. The van der Waals surface area contributed by atoms with Crippen LogP contribution in [0.1, 0.15) is 30.0 Å². The molecule has 0 saturated heterocycles. The van der Waals surface area contributed by atoms with E-state index in [9.17, 15) is 0 Å². The van der Waals surface area contributed by atoms with Gasteiger partial charge >= 0.3 is 0 Å². The van der Waals surface area contributed by atoms with E-state index in [4.69, 9.17) is 23.2 Å². The molecular weight excluding hydrogens is 233 g/mol. The Kier molecular flexibility index (Phi) is 2.85. The SMILES string of the molecule is CCC(Cl)c1cnc2[nH]nc(C)c2c1Cl.